The normalized spacial score (nSPS) is 19.2. The van der Waals surface area contributed by atoms with Crippen LogP contribution in [0.2, 0.25) is 0 Å². The van der Waals surface area contributed by atoms with Crippen molar-refractivity contribution >= 4 is 5.69 Å². The van der Waals surface area contributed by atoms with Gasteiger partial charge in [0, 0.05) is 18.8 Å². The Morgan fingerprint density at radius 2 is 1.59 bits per heavy atom. The molecule has 1 atom stereocenters. The van der Waals surface area contributed by atoms with E-state index in [1.54, 1.807) is 0 Å². The van der Waals surface area contributed by atoms with Crippen LogP contribution in [0, 0.1) is 0 Å². The van der Waals surface area contributed by atoms with Crippen molar-refractivity contribution in [2.24, 2.45) is 0 Å². The third-order valence-corrected chi connectivity index (χ3v) is 4.92. The Bertz CT molecular complexity index is 571. The fourth-order valence-electron chi connectivity index (χ4n) is 3.48. The van der Waals surface area contributed by atoms with Crippen LogP contribution in [0.5, 0.6) is 0 Å². The van der Waals surface area contributed by atoms with Gasteiger partial charge in [-0.2, -0.15) is 0 Å². The SMILES string of the molecule is CC(C)c1ccc(N2CCCC(c3ccccc3)CC2)cc1. The second-order valence-corrected chi connectivity index (χ2v) is 6.77. The Morgan fingerprint density at radius 1 is 0.864 bits per heavy atom. The molecule has 0 aliphatic carbocycles. The summed E-state index contributed by atoms with van der Waals surface area (Å²) in [6, 6.07) is 20.2. The number of hydrogen-bond donors (Lipinski definition) is 0. The van der Waals surface area contributed by atoms with Crippen LogP contribution in [0.25, 0.3) is 0 Å². The maximum atomic E-state index is 2.56. The van der Waals surface area contributed by atoms with Crippen molar-refractivity contribution in [1.29, 1.82) is 0 Å². The molecule has 2 aromatic rings. The van der Waals surface area contributed by atoms with Gasteiger partial charge in [0.1, 0.15) is 0 Å². The average molecular weight is 293 g/mol. The Kier molecular flexibility index (Phi) is 4.82. The summed E-state index contributed by atoms with van der Waals surface area (Å²) < 4.78 is 0. The van der Waals surface area contributed by atoms with Gasteiger partial charge < -0.3 is 4.90 Å². The molecule has 0 N–H and O–H groups in total. The number of anilines is 1. The van der Waals surface area contributed by atoms with Gasteiger partial charge in [-0.25, -0.2) is 0 Å². The summed E-state index contributed by atoms with van der Waals surface area (Å²) in [5.41, 5.74) is 4.33. The summed E-state index contributed by atoms with van der Waals surface area (Å²) >= 11 is 0. The Morgan fingerprint density at radius 3 is 2.27 bits per heavy atom. The molecule has 1 fully saturated rings. The summed E-state index contributed by atoms with van der Waals surface area (Å²) in [7, 11) is 0. The number of benzene rings is 2. The predicted molar refractivity (Wildman–Crippen MR) is 95.8 cm³/mol. The summed E-state index contributed by atoms with van der Waals surface area (Å²) in [6.45, 7) is 6.86. The van der Waals surface area contributed by atoms with E-state index in [1.165, 1.54) is 49.2 Å². The Labute approximate surface area is 135 Å². The summed E-state index contributed by atoms with van der Waals surface area (Å²) in [5.74, 6) is 1.33. The van der Waals surface area contributed by atoms with Crippen LogP contribution >= 0.6 is 0 Å². The average Bonchev–Trinajstić information content (AvgIpc) is 2.82. The standard InChI is InChI=1S/C21H27N/c1-17(2)18-10-12-21(13-11-18)22-15-6-9-20(14-16-22)19-7-4-3-5-8-19/h3-5,7-8,10-13,17,20H,6,9,14-16H2,1-2H3. The minimum absolute atomic E-state index is 0.612. The molecule has 1 unspecified atom stereocenters. The maximum absolute atomic E-state index is 2.56. The molecule has 2 aromatic carbocycles. The fraction of sp³-hybridized carbons (Fsp3) is 0.429. The number of hydrogen-bond acceptors (Lipinski definition) is 1. The Balaban J connectivity index is 1.67. The van der Waals surface area contributed by atoms with Gasteiger partial charge in [-0.05, 0) is 54.4 Å². The number of rotatable bonds is 3. The van der Waals surface area contributed by atoms with Crippen molar-refractivity contribution in [3.05, 3.63) is 65.7 Å². The van der Waals surface area contributed by atoms with Crippen LogP contribution in [0.15, 0.2) is 54.6 Å². The summed E-state index contributed by atoms with van der Waals surface area (Å²) in [5, 5.41) is 0. The zero-order valence-electron chi connectivity index (χ0n) is 13.8. The largest absolute Gasteiger partial charge is 0.372 e. The molecule has 1 aliphatic rings. The van der Waals surface area contributed by atoms with Gasteiger partial charge in [0.05, 0.1) is 0 Å². The minimum atomic E-state index is 0.612. The number of nitrogens with zero attached hydrogens (tertiary/aromatic N) is 1. The first kappa shape index (κ1) is 15.1. The predicted octanol–water partition coefficient (Wildman–Crippen LogP) is 5.58. The van der Waals surface area contributed by atoms with E-state index < -0.39 is 0 Å². The molecule has 1 aliphatic heterocycles. The molecule has 1 nitrogen and oxygen atoms in total. The first-order valence-corrected chi connectivity index (χ1v) is 8.64. The lowest BCUT2D eigenvalue weighted by Gasteiger charge is -2.23. The van der Waals surface area contributed by atoms with Crippen molar-refractivity contribution in [1.82, 2.24) is 0 Å². The van der Waals surface area contributed by atoms with Crippen LogP contribution < -0.4 is 4.90 Å². The lowest BCUT2D eigenvalue weighted by atomic mass is 9.92. The lowest BCUT2D eigenvalue weighted by Crippen LogP contribution is -2.24. The molecule has 1 heterocycles. The first-order chi connectivity index (χ1) is 10.7. The molecule has 1 heteroatoms. The monoisotopic (exact) mass is 293 g/mol. The van der Waals surface area contributed by atoms with Gasteiger partial charge in [-0.3, -0.25) is 0 Å². The van der Waals surface area contributed by atoms with Gasteiger partial charge in [0.15, 0.2) is 0 Å². The first-order valence-electron chi connectivity index (χ1n) is 8.64. The van der Waals surface area contributed by atoms with E-state index in [2.05, 4.69) is 73.3 Å². The van der Waals surface area contributed by atoms with Gasteiger partial charge in [-0.1, -0.05) is 56.3 Å². The zero-order chi connectivity index (χ0) is 15.4. The molecular weight excluding hydrogens is 266 g/mol. The molecule has 116 valence electrons. The molecule has 3 rings (SSSR count). The molecule has 0 saturated carbocycles. The Hall–Kier alpha value is -1.76. The summed E-state index contributed by atoms with van der Waals surface area (Å²) in [6.07, 6.45) is 3.85. The van der Waals surface area contributed by atoms with Gasteiger partial charge in [0.25, 0.3) is 0 Å². The lowest BCUT2D eigenvalue weighted by molar-refractivity contribution is 0.612. The maximum Gasteiger partial charge on any atom is 0.0366 e. The third kappa shape index (κ3) is 3.52. The topological polar surface area (TPSA) is 3.24 Å². The zero-order valence-corrected chi connectivity index (χ0v) is 13.8. The van der Waals surface area contributed by atoms with Gasteiger partial charge in [0.2, 0.25) is 0 Å². The molecule has 0 bridgehead atoms. The van der Waals surface area contributed by atoms with E-state index >= 15 is 0 Å². The van der Waals surface area contributed by atoms with Gasteiger partial charge >= 0.3 is 0 Å². The molecule has 22 heavy (non-hydrogen) atoms. The highest BCUT2D eigenvalue weighted by Gasteiger charge is 2.18. The van der Waals surface area contributed by atoms with Gasteiger partial charge in [-0.15, -0.1) is 0 Å². The smallest absolute Gasteiger partial charge is 0.0366 e. The van der Waals surface area contributed by atoms with Crippen LogP contribution in [0.1, 0.15) is 56.1 Å². The molecule has 0 spiro atoms. The minimum Gasteiger partial charge on any atom is -0.372 e. The second kappa shape index (κ2) is 7.00. The van der Waals surface area contributed by atoms with Crippen molar-refractivity contribution in [3.8, 4) is 0 Å². The summed E-state index contributed by atoms with van der Waals surface area (Å²) in [4.78, 5) is 2.56. The molecular formula is C21H27N. The highest BCUT2D eigenvalue weighted by molar-refractivity contribution is 5.48. The fourth-order valence-corrected chi connectivity index (χ4v) is 3.48. The van der Waals surface area contributed by atoms with Crippen molar-refractivity contribution in [2.45, 2.75) is 44.9 Å². The molecule has 0 amide bonds. The molecule has 1 saturated heterocycles. The van der Waals surface area contributed by atoms with Crippen LogP contribution in [0.3, 0.4) is 0 Å². The van der Waals surface area contributed by atoms with E-state index in [-0.39, 0.29) is 0 Å². The van der Waals surface area contributed by atoms with E-state index in [1.807, 2.05) is 0 Å². The second-order valence-electron chi connectivity index (χ2n) is 6.77. The van der Waals surface area contributed by atoms with E-state index in [9.17, 15) is 0 Å². The van der Waals surface area contributed by atoms with E-state index in [4.69, 9.17) is 0 Å². The van der Waals surface area contributed by atoms with Crippen LogP contribution in [-0.4, -0.2) is 13.1 Å². The highest BCUT2D eigenvalue weighted by Crippen LogP contribution is 2.30. The highest BCUT2D eigenvalue weighted by atomic mass is 15.1. The quantitative estimate of drug-likeness (QED) is 0.713. The van der Waals surface area contributed by atoms with E-state index in [0.717, 1.165) is 5.92 Å². The van der Waals surface area contributed by atoms with E-state index in [0.29, 0.717) is 5.92 Å². The van der Waals surface area contributed by atoms with Crippen molar-refractivity contribution in [3.63, 3.8) is 0 Å². The van der Waals surface area contributed by atoms with Crippen LogP contribution in [0.4, 0.5) is 5.69 Å². The molecule has 0 aromatic heterocycles. The van der Waals surface area contributed by atoms with Crippen molar-refractivity contribution < 1.29 is 0 Å². The third-order valence-electron chi connectivity index (χ3n) is 4.92. The molecule has 0 radical (unpaired) electrons. The van der Waals surface area contributed by atoms with Crippen molar-refractivity contribution in [2.75, 3.05) is 18.0 Å². The van der Waals surface area contributed by atoms with Crippen LogP contribution in [-0.2, 0) is 0 Å².